The molecule has 6 nitrogen and oxygen atoms in total. The molecule has 0 aliphatic rings. The third-order valence-electron chi connectivity index (χ3n) is 4.82. The lowest BCUT2D eigenvalue weighted by Crippen LogP contribution is -2.33. The van der Waals surface area contributed by atoms with Crippen LogP contribution in [-0.4, -0.2) is 34.8 Å². The van der Waals surface area contributed by atoms with E-state index in [-0.39, 0.29) is 18.4 Å². The van der Waals surface area contributed by atoms with Crippen LogP contribution >= 0.6 is 11.6 Å². The molecule has 2 aromatic carbocycles. The Hall–Kier alpha value is -2.96. The highest BCUT2D eigenvalue weighted by molar-refractivity contribution is 6.32. The molecule has 2 N–H and O–H groups in total. The van der Waals surface area contributed by atoms with Crippen LogP contribution in [-0.2, 0) is 16.1 Å². The first-order chi connectivity index (χ1) is 14.4. The van der Waals surface area contributed by atoms with E-state index < -0.39 is 0 Å². The summed E-state index contributed by atoms with van der Waals surface area (Å²) in [5, 5.41) is 7.26. The van der Waals surface area contributed by atoms with Crippen LogP contribution in [0, 0.1) is 6.92 Å². The number of hydrogen-bond donors (Lipinski definition) is 2. The number of rotatable bonds is 7. The lowest BCUT2D eigenvalue weighted by molar-refractivity contribution is -0.117. The molecule has 0 saturated heterocycles. The third-order valence-corrected chi connectivity index (χ3v) is 5.32. The van der Waals surface area contributed by atoms with Crippen molar-refractivity contribution in [1.82, 2.24) is 9.88 Å². The molecular formula is C23H25ClN4O2. The minimum atomic E-state index is -0.137. The lowest BCUT2D eigenvalue weighted by atomic mass is 10.1. The van der Waals surface area contributed by atoms with Crippen molar-refractivity contribution in [3.63, 3.8) is 0 Å². The number of anilines is 2. The van der Waals surface area contributed by atoms with Gasteiger partial charge in [-0.3, -0.25) is 14.5 Å². The largest absolute Gasteiger partial charge is 0.326 e. The van der Waals surface area contributed by atoms with Crippen molar-refractivity contribution in [3.8, 4) is 0 Å². The fourth-order valence-electron chi connectivity index (χ4n) is 3.26. The molecule has 1 aromatic heterocycles. The van der Waals surface area contributed by atoms with Gasteiger partial charge in [0.25, 0.3) is 0 Å². The molecule has 1 heterocycles. The molecule has 30 heavy (non-hydrogen) atoms. The van der Waals surface area contributed by atoms with Gasteiger partial charge in [0.05, 0.1) is 22.8 Å². The second kappa shape index (κ2) is 9.69. The summed E-state index contributed by atoms with van der Waals surface area (Å²) in [6.45, 7) is 6.82. The first-order valence-corrected chi connectivity index (χ1v) is 10.2. The van der Waals surface area contributed by atoms with Crippen molar-refractivity contribution < 1.29 is 9.59 Å². The van der Waals surface area contributed by atoms with E-state index in [1.54, 1.807) is 24.3 Å². The number of carbonyl (C=O) groups is 2. The number of nitrogens with one attached hydrogen (secondary N) is 2. The van der Waals surface area contributed by atoms with E-state index in [1.165, 1.54) is 6.92 Å². The summed E-state index contributed by atoms with van der Waals surface area (Å²) in [7, 11) is 0. The van der Waals surface area contributed by atoms with Crippen LogP contribution in [0.15, 0.2) is 48.5 Å². The van der Waals surface area contributed by atoms with Crippen LogP contribution < -0.4 is 10.6 Å². The number of carbonyl (C=O) groups excluding carboxylic acids is 2. The summed E-state index contributed by atoms with van der Waals surface area (Å²) < 4.78 is 0. The molecular weight excluding hydrogens is 400 g/mol. The maximum atomic E-state index is 12.5. The van der Waals surface area contributed by atoms with E-state index in [1.807, 2.05) is 43.0 Å². The van der Waals surface area contributed by atoms with Crippen molar-refractivity contribution in [2.45, 2.75) is 27.3 Å². The highest BCUT2D eigenvalue weighted by Gasteiger charge is 2.15. The molecule has 0 radical (unpaired) electrons. The number of pyridine rings is 1. The van der Waals surface area contributed by atoms with E-state index in [9.17, 15) is 9.59 Å². The second-order valence-corrected chi connectivity index (χ2v) is 7.50. The molecule has 2 amide bonds. The van der Waals surface area contributed by atoms with Gasteiger partial charge < -0.3 is 10.6 Å². The average Bonchev–Trinajstić information content (AvgIpc) is 2.72. The molecule has 0 saturated carbocycles. The van der Waals surface area contributed by atoms with Gasteiger partial charge in [0, 0.05) is 30.2 Å². The minimum absolute atomic E-state index is 0.127. The van der Waals surface area contributed by atoms with Crippen molar-refractivity contribution in [2.24, 2.45) is 0 Å². The van der Waals surface area contributed by atoms with Crippen LogP contribution in [0.3, 0.4) is 0 Å². The molecule has 0 fully saturated rings. The van der Waals surface area contributed by atoms with Gasteiger partial charge in [-0.1, -0.05) is 36.7 Å². The van der Waals surface area contributed by atoms with Crippen molar-refractivity contribution in [3.05, 3.63) is 64.8 Å². The van der Waals surface area contributed by atoms with E-state index in [4.69, 9.17) is 16.6 Å². The van der Waals surface area contributed by atoms with Gasteiger partial charge in [-0.05, 0) is 49.4 Å². The lowest BCUT2D eigenvalue weighted by Gasteiger charge is -2.21. The SMILES string of the molecule is CCN(CC(=O)Nc1ccc(NC(C)=O)cc1)Cc1nc2ccccc2c(C)c1Cl. The zero-order valence-corrected chi connectivity index (χ0v) is 18.1. The first kappa shape index (κ1) is 21.7. The maximum absolute atomic E-state index is 12.5. The number of amides is 2. The number of likely N-dealkylation sites (N-methyl/N-ethyl adjacent to an activating group) is 1. The van der Waals surface area contributed by atoms with Gasteiger partial charge in [-0.25, -0.2) is 4.98 Å². The monoisotopic (exact) mass is 424 g/mol. The molecule has 0 aliphatic heterocycles. The molecule has 7 heteroatoms. The van der Waals surface area contributed by atoms with Crippen LogP contribution in [0.2, 0.25) is 5.02 Å². The highest BCUT2D eigenvalue weighted by atomic mass is 35.5. The zero-order valence-electron chi connectivity index (χ0n) is 17.3. The average molecular weight is 425 g/mol. The normalized spacial score (nSPS) is 11.0. The van der Waals surface area contributed by atoms with Crippen molar-refractivity contribution in [1.29, 1.82) is 0 Å². The number of aromatic nitrogens is 1. The Kier molecular flexibility index (Phi) is 7.03. The van der Waals surface area contributed by atoms with Gasteiger partial charge in [0.2, 0.25) is 11.8 Å². The fraction of sp³-hybridized carbons (Fsp3) is 0.261. The van der Waals surface area contributed by atoms with Gasteiger partial charge in [0.15, 0.2) is 0 Å². The first-order valence-electron chi connectivity index (χ1n) is 9.81. The summed E-state index contributed by atoms with van der Waals surface area (Å²) in [5.41, 5.74) is 4.01. The van der Waals surface area contributed by atoms with E-state index in [0.29, 0.717) is 29.5 Å². The van der Waals surface area contributed by atoms with E-state index in [0.717, 1.165) is 22.2 Å². The summed E-state index contributed by atoms with van der Waals surface area (Å²) in [5.74, 6) is -0.265. The Labute approximate surface area is 181 Å². The van der Waals surface area contributed by atoms with Gasteiger partial charge in [0.1, 0.15) is 0 Å². The van der Waals surface area contributed by atoms with Gasteiger partial charge >= 0.3 is 0 Å². The second-order valence-electron chi connectivity index (χ2n) is 7.12. The topological polar surface area (TPSA) is 74.3 Å². The fourth-order valence-corrected chi connectivity index (χ4v) is 3.46. The number of fused-ring (bicyclic) bond motifs is 1. The number of benzene rings is 2. The molecule has 156 valence electrons. The summed E-state index contributed by atoms with van der Waals surface area (Å²) >= 11 is 6.57. The molecule has 0 spiro atoms. The molecule has 0 atom stereocenters. The predicted molar refractivity (Wildman–Crippen MR) is 122 cm³/mol. The minimum Gasteiger partial charge on any atom is -0.326 e. The van der Waals surface area contributed by atoms with Crippen LogP contribution in [0.5, 0.6) is 0 Å². The maximum Gasteiger partial charge on any atom is 0.238 e. The molecule has 0 unspecified atom stereocenters. The molecule has 3 rings (SSSR count). The standard InChI is InChI=1S/C23H25ClN4O2/c1-4-28(13-21-23(24)15(2)19-7-5-6-8-20(19)27-21)14-22(30)26-18-11-9-17(10-12-18)25-16(3)29/h5-12H,4,13-14H2,1-3H3,(H,25,29)(H,26,30). The number of halogens is 1. The molecule has 0 aliphatic carbocycles. The third kappa shape index (κ3) is 5.34. The van der Waals surface area contributed by atoms with Crippen LogP contribution in [0.1, 0.15) is 25.1 Å². The summed E-state index contributed by atoms with van der Waals surface area (Å²) in [6, 6.07) is 14.9. The van der Waals surface area contributed by atoms with Gasteiger partial charge in [-0.15, -0.1) is 0 Å². The van der Waals surface area contributed by atoms with Gasteiger partial charge in [-0.2, -0.15) is 0 Å². The Balaban J connectivity index is 1.67. The smallest absolute Gasteiger partial charge is 0.238 e. The van der Waals surface area contributed by atoms with Crippen LogP contribution in [0.25, 0.3) is 10.9 Å². The van der Waals surface area contributed by atoms with Crippen molar-refractivity contribution in [2.75, 3.05) is 23.7 Å². The predicted octanol–water partition coefficient (Wildman–Crippen LogP) is 4.62. The van der Waals surface area contributed by atoms with Crippen molar-refractivity contribution >= 4 is 45.7 Å². The summed E-state index contributed by atoms with van der Waals surface area (Å²) in [4.78, 5) is 30.3. The number of aryl methyl sites for hydroxylation is 1. The number of para-hydroxylation sites is 1. The highest BCUT2D eigenvalue weighted by Crippen LogP contribution is 2.27. The number of hydrogen-bond acceptors (Lipinski definition) is 4. The Morgan fingerprint density at radius 2 is 1.67 bits per heavy atom. The molecule has 0 bridgehead atoms. The quantitative estimate of drug-likeness (QED) is 0.580. The molecule has 3 aromatic rings. The Morgan fingerprint density at radius 1 is 1.03 bits per heavy atom. The van der Waals surface area contributed by atoms with Crippen LogP contribution in [0.4, 0.5) is 11.4 Å². The van der Waals surface area contributed by atoms with E-state index >= 15 is 0 Å². The zero-order chi connectivity index (χ0) is 21.7. The Morgan fingerprint density at radius 3 is 2.30 bits per heavy atom. The van der Waals surface area contributed by atoms with E-state index in [2.05, 4.69) is 10.6 Å². The Bertz CT molecular complexity index is 1070. The number of nitrogens with zero attached hydrogens (tertiary/aromatic N) is 2. The summed E-state index contributed by atoms with van der Waals surface area (Å²) in [6.07, 6.45) is 0.